The zero-order valence-corrected chi connectivity index (χ0v) is 19.6. The van der Waals surface area contributed by atoms with Crippen LogP contribution in [0.1, 0.15) is 94.7 Å². The molecule has 2 rings (SSSR count). The Morgan fingerprint density at radius 2 is 1.57 bits per heavy atom. The van der Waals surface area contributed by atoms with Gasteiger partial charge >= 0.3 is 0 Å². The predicted octanol–water partition coefficient (Wildman–Crippen LogP) is 7.66. The van der Waals surface area contributed by atoms with E-state index in [2.05, 4.69) is 38.6 Å². The van der Waals surface area contributed by atoms with Gasteiger partial charge in [0.05, 0.1) is 6.61 Å². The second-order valence-corrected chi connectivity index (χ2v) is 9.40. The summed E-state index contributed by atoms with van der Waals surface area (Å²) >= 11 is 2.07. The van der Waals surface area contributed by atoms with E-state index in [0.717, 1.165) is 30.3 Å². The molecule has 160 valence electrons. The van der Waals surface area contributed by atoms with E-state index in [1.807, 2.05) is 6.92 Å². The van der Waals surface area contributed by atoms with E-state index in [1.54, 1.807) is 0 Å². The Morgan fingerprint density at radius 1 is 0.929 bits per heavy atom. The average Bonchev–Trinajstić information content (AvgIpc) is 3.10. The van der Waals surface area contributed by atoms with Crippen molar-refractivity contribution in [2.45, 2.75) is 104 Å². The first-order valence-corrected chi connectivity index (χ1v) is 12.8. The molecule has 1 aliphatic heterocycles. The molecule has 0 saturated carbocycles. The van der Waals surface area contributed by atoms with E-state index in [9.17, 15) is 0 Å². The van der Waals surface area contributed by atoms with Gasteiger partial charge in [0, 0.05) is 17.7 Å². The highest BCUT2D eigenvalue weighted by Gasteiger charge is 2.26. The van der Waals surface area contributed by atoms with Crippen molar-refractivity contribution in [1.29, 1.82) is 0 Å². The number of unbranched alkanes of at least 4 members (excludes halogenated alkanes) is 9. The summed E-state index contributed by atoms with van der Waals surface area (Å²) in [7, 11) is 0. The first-order valence-electron chi connectivity index (χ1n) is 11.7. The van der Waals surface area contributed by atoms with Gasteiger partial charge < -0.3 is 9.47 Å². The summed E-state index contributed by atoms with van der Waals surface area (Å²) in [5.41, 5.74) is 3.80. The highest BCUT2D eigenvalue weighted by molar-refractivity contribution is 7.99. The highest BCUT2D eigenvalue weighted by Crippen LogP contribution is 2.39. The smallest absolute Gasteiger partial charge is 0.126 e. The lowest BCUT2D eigenvalue weighted by Gasteiger charge is -2.14. The van der Waals surface area contributed by atoms with Crippen LogP contribution >= 0.6 is 11.8 Å². The molecule has 1 heterocycles. The van der Waals surface area contributed by atoms with Gasteiger partial charge in [0.25, 0.3) is 0 Å². The standard InChI is InChI=1S/C25H42O2S/c1-5-7-8-9-10-11-12-13-14-15-16-28-19-23-17-22-18-24(26-6-2)20(3)21(4)25(22)27-23/h18,23H,5-17,19H2,1-4H3. The van der Waals surface area contributed by atoms with Crippen LogP contribution in [0.15, 0.2) is 6.07 Å². The monoisotopic (exact) mass is 406 g/mol. The largest absolute Gasteiger partial charge is 0.494 e. The van der Waals surface area contributed by atoms with Gasteiger partial charge in [0.2, 0.25) is 0 Å². The lowest BCUT2D eigenvalue weighted by atomic mass is 10.0. The van der Waals surface area contributed by atoms with E-state index in [1.165, 1.54) is 86.7 Å². The Bertz CT molecular complexity index is 570. The number of rotatable bonds is 15. The number of benzene rings is 1. The van der Waals surface area contributed by atoms with Crippen LogP contribution in [0.5, 0.6) is 11.5 Å². The van der Waals surface area contributed by atoms with Crippen molar-refractivity contribution < 1.29 is 9.47 Å². The molecule has 0 radical (unpaired) electrons. The molecular formula is C25H42O2S. The third kappa shape index (κ3) is 7.54. The molecule has 0 bridgehead atoms. The molecule has 2 nitrogen and oxygen atoms in total. The van der Waals surface area contributed by atoms with E-state index in [0.29, 0.717) is 6.10 Å². The summed E-state index contributed by atoms with van der Waals surface area (Å²) in [4.78, 5) is 0. The summed E-state index contributed by atoms with van der Waals surface area (Å²) in [6.07, 6.45) is 15.5. The molecule has 0 aromatic heterocycles. The van der Waals surface area contributed by atoms with Crippen LogP contribution in [0.3, 0.4) is 0 Å². The lowest BCUT2D eigenvalue weighted by molar-refractivity contribution is 0.257. The number of hydrogen-bond acceptors (Lipinski definition) is 3. The van der Waals surface area contributed by atoms with Crippen molar-refractivity contribution in [1.82, 2.24) is 0 Å². The van der Waals surface area contributed by atoms with Gasteiger partial charge in [-0.05, 0) is 50.1 Å². The molecular weight excluding hydrogens is 364 g/mol. The second kappa shape index (κ2) is 13.4. The Labute approximate surface area is 178 Å². The van der Waals surface area contributed by atoms with Gasteiger partial charge in [-0.2, -0.15) is 11.8 Å². The third-order valence-electron chi connectivity index (χ3n) is 5.85. The summed E-state index contributed by atoms with van der Waals surface area (Å²) in [5, 5.41) is 0. The minimum absolute atomic E-state index is 0.332. The summed E-state index contributed by atoms with van der Waals surface area (Å²) in [6, 6.07) is 2.20. The molecule has 1 unspecified atom stereocenters. The van der Waals surface area contributed by atoms with E-state index >= 15 is 0 Å². The van der Waals surface area contributed by atoms with Crippen molar-refractivity contribution in [3.05, 3.63) is 22.8 Å². The van der Waals surface area contributed by atoms with Gasteiger partial charge in [0.15, 0.2) is 0 Å². The fourth-order valence-corrected chi connectivity index (χ4v) is 5.03. The fraction of sp³-hybridized carbons (Fsp3) is 0.760. The van der Waals surface area contributed by atoms with E-state index in [-0.39, 0.29) is 0 Å². The van der Waals surface area contributed by atoms with Gasteiger partial charge in [-0.15, -0.1) is 0 Å². The van der Waals surface area contributed by atoms with Crippen molar-refractivity contribution in [3.8, 4) is 11.5 Å². The van der Waals surface area contributed by atoms with Gasteiger partial charge in [-0.1, -0.05) is 64.7 Å². The van der Waals surface area contributed by atoms with E-state index < -0.39 is 0 Å². The first kappa shape index (κ1) is 23.4. The summed E-state index contributed by atoms with van der Waals surface area (Å²) in [6.45, 7) is 9.35. The molecule has 1 atom stereocenters. The van der Waals surface area contributed by atoms with Crippen molar-refractivity contribution in [2.75, 3.05) is 18.1 Å². The zero-order valence-electron chi connectivity index (χ0n) is 18.8. The minimum atomic E-state index is 0.332. The molecule has 0 saturated heterocycles. The summed E-state index contributed by atoms with van der Waals surface area (Å²) in [5.74, 6) is 4.52. The SMILES string of the molecule is CCCCCCCCCCCCSCC1Cc2cc(OCC)c(C)c(C)c2O1. The Hall–Kier alpha value is -0.830. The molecule has 0 amide bonds. The van der Waals surface area contributed by atoms with Gasteiger partial charge in [-0.25, -0.2) is 0 Å². The molecule has 1 aromatic rings. The Kier molecular flexibility index (Phi) is 11.2. The van der Waals surface area contributed by atoms with Crippen molar-refractivity contribution in [2.24, 2.45) is 0 Å². The van der Waals surface area contributed by atoms with Gasteiger partial charge in [0.1, 0.15) is 17.6 Å². The van der Waals surface area contributed by atoms with Crippen molar-refractivity contribution in [3.63, 3.8) is 0 Å². The number of fused-ring (bicyclic) bond motifs is 1. The normalized spacial score (nSPS) is 15.5. The maximum absolute atomic E-state index is 6.28. The van der Waals surface area contributed by atoms with Crippen LogP contribution in [-0.2, 0) is 6.42 Å². The number of thioether (sulfide) groups is 1. The van der Waals surface area contributed by atoms with Crippen LogP contribution in [0, 0.1) is 13.8 Å². The Balaban J connectivity index is 1.54. The predicted molar refractivity (Wildman–Crippen MR) is 124 cm³/mol. The highest BCUT2D eigenvalue weighted by atomic mass is 32.2. The first-order chi connectivity index (χ1) is 13.7. The third-order valence-corrected chi connectivity index (χ3v) is 7.03. The molecule has 1 aliphatic rings. The minimum Gasteiger partial charge on any atom is -0.494 e. The molecule has 1 aromatic carbocycles. The van der Waals surface area contributed by atoms with Crippen LogP contribution < -0.4 is 9.47 Å². The molecule has 0 spiro atoms. The molecule has 0 fully saturated rings. The second-order valence-electron chi connectivity index (χ2n) is 8.25. The van der Waals surface area contributed by atoms with Crippen LogP contribution in [0.2, 0.25) is 0 Å². The average molecular weight is 407 g/mol. The van der Waals surface area contributed by atoms with Crippen LogP contribution in [-0.4, -0.2) is 24.2 Å². The maximum Gasteiger partial charge on any atom is 0.126 e. The van der Waals surface area contributed by atoms with Crippen molar-refractivity contribution >= 4 is 11.8 Å². The zero-order chi connectivity index (χ0) is 20.2. The summed E-state index contributed by atoms with van der Waals surface area (Å²) < 4.78 is 12.1. The fourth-order valence-electron chi connectivity index (χ4n) is 4.00. The maximum atomic E-state index is 6.28. The van der Waals surface area contributed by atoms with Crippen LogP contribution in [0.4, 0.5) is 0 Å². The molecule has 0 N–H and O–H groups in total. The Morgan fingerprint density at radius 3 is 2.21 bits per heavy atom. The molecule has 3 heteroatoms. The van der Waals surface area contributed by atoms with Crippen LogP contribution in [0.25, 0.3) is 0 Å². The lowest BCUT2D eigenvalue weighted by Crippen LogP contribution is -2.16. The topological polar surface area (TPSA) is 18.5 Å². The molecule has 0 aliphatic carbocycles. The number of ether oxygens (including phenoxy) is 2. The number of hydrogen-bond donors (Lipinski definition) is 0. The molecule has 28 heavy (non-hydrogen) atoms. The quantitative estimate of drug-likeness (QED) is 0.278. The van der Waals surface area contributed by atoms with E-state index in [4.69, 9.17) is 9.47 Å². The van der Waals surface area contributed by atoms with Gasteiger partial charge in [-0.3, -0.25) is 0 Å².